The molecule has 1 heterocycles. The average Bonchev–Trinajstić information content (AvgIpc) is 3.21. The predicted octanol–water partition coefficient (Wildman–Crippen LogP) is 2.90. The Morgan fingerprint density at radius 2 is 1.96 bits per heavy atom. The van der Waals surface area contributed by atoms with Gasteiger partial charge in [-0.25, -0.2) is 0 Å². The van der Waals surface area contributed by atoms with Crippen LogP contribution in [0.2, 0.25) is 0 Å². The van der Waals surface area contributed by atoms with Crippen molar-refractivity contribution in [2.75, 3.05) is 26.8 Å². The first-order chi connectivity index (χ1) is 13.1. The monoisotopic (exact) mass is 372 g/mol. The van der Waals surface area contributed by atoms with Crippen molar-refractivity contribution in [3.05, 3.63) is 60.1 Å². The molecule has 1 aromatic heterocycles. The molecular formula is C21H28N2O4. The van der Waals surface area contributed by atoms with E-state index < -0.39 is 0 Å². The van der Waals surface area contributed by atoms with E-state index in [0.717, 1.165) is 12.8 Å². The van der Waals surface area contributed by atoms with E-state index in [0.29, 0.717) is 25.3 Å². The summed E-state index contributed by atoms with van der Waals surface area (Å²) in [5, 5.41) is 3.01. The van der Waals surface area contributed by atoms with Crippen molar-refractivity contribution in [1.29, 1.82) is 0 Å². The van der Waals surface area contributed by atoms with Crippen LogP contribution in [0, 0.1) is 0 Å². The van der Waals surface area contributed by atoms with E-state index in [4.69, 9.17) is 9.15 Å². The third kappa shape index (κ3) is 7.27. The van der Waals surface area contributed by atoms with Gasteiger partial charge in [-0.2, -0.15) is 0 Å². The van der Waals surface area contributed by atoms with Crippen LogP contribution in [0.3, 0.4) is 0 Å². The fourth-order valence-electron chi connectivity index (χ4n) is 2.77. The highest BCUT2D eigenvalue weighted by molar-refractivity contribution is 5.94. The van der Waals surface area contributed by atoms with Crippen LogP contribution in [0.15, 0.2) is 53.3 Å². The van der Waals surface area contributed by atoms with Crippen LogP contribution in [0.4, 0.5) is 0 Å². The maximum absolute atomic E-state index is 12.5. The number of methoxy groups -OCH3 is 1. The summed E-state index contributed by atoms with van der Waals surface area (Å²) in [6, 6.07) is 11.9. The Balaban J connectivity index is 1.77. The lowest BCUT2D eigenvalue weighted by molar-refractivity contribution is -0.121. The molecule has 6 heteroatoms. The number of aryl methyl sites for hydroxylation is 1. The van der Waals surface area contributed by atoms with Crippen molar-refractivity contribution < 1.29 is 18.7 Å². The average molecular weight is 372 g/mol. The fraction of sp³-hybridized carbons (Fsp3) is 0.429. The number of carbonyl (C=O) groups excluding carboxylic acids is 2. The van der Waals surface area contributed by atoms with Crippen molar-refractivity contribution in [1.82, 2.24) is 10.2 Å². The molecule has 1 aromatic carbocycles. The Hall–Kier alpha value is -2.60. The van der Waals surface area contributed by atoms with Crippen molar-refractivity contribution in [2.24, 2.45) is 0 Å². The molecule has 0 saturated heterocycles. The van der Waals surface area contributed by atoms with Crippen LogP contribution in [-0.4, -0.2) is 49.6 Å². The molecule has 0 radical (unpaired) electrons. The van der Waals surface area contributed by atoms with E-state index in [2.05, 4.69) is 17.4 Å². The molecule has 27 heavy (non-hydrogen) atoms. The van der Waals surface area contributed by atoms with Gasteiger partial charge in [-0.1, -0.05) is 30.3 Å². The molecule has 0 fully saturated rings. The predicted molar refractivity (Wildman–Crippen MR) is 103 cm³/mol. The molecule has 146 valence electrons. The largest absolute Gasteiger partial charge is 0.472 e. The number of nitrogens with one attached hydrogen (secondary N) is 1. The minimum atomic E-state index is -0.161. The van der Waals surface area contributed by atoms with E-state index in [9.17, 15) is 9.59 Å². The van der Waals surface area contributed by atoms with E-state index in [-0.39, 0.29) is 24.3 Å². The number of furan rings is 1. The first kappa shape index (κ1) is 20.7. The number of benzene rings is 1. The van der Waals surface area contributed by atoms with Crippen molar-refractivity contribution in [2.45, 2.75) is 32.2 Å². The first-order valence-electron chi connectivity index (χ1n) is 9.24. The molecule has 2 rings (SSSR count). The zero-order chi connectivity index (χ0) is 19.5. The van der Waals surface area contributed by atoms with Gasteiger partial charge < -0.3 is 19.4 Å². The molecule has 0 bridgehead atoms. The summed E-state index contributed by atoms with van der Waals surface area (Å²) in [6.45, 7) is 3.18. The Kier molecular flexibility index (Phi) is 8.58. The lowest BCUT2D eigenvalue weighted by Gasteiger charge is -2.22. The normalized spacial score (nSPS) is 11.8. The first-order valence-corrected chi connectivity index (χ1v) is 9.24. The topological polar surface area (TPSA) is 71.8 Å². The van der Waals surface area contributed by atoms with Gasteiger partial charge in [-0.05, 0) is 31.4 Å². The number of carbonyl (C=O) groups is 2. The summed E-state index contributed by atoms with van der Waals surface area (Å²) in [4.78, 5) is 26.4. The standard InChI is InChI=1S/C21H28N2O4/c1-17(8-9-18-6-4-3-5-7-18)22-20(24)10-12-23(13-15-26-2)21(25)19-11-14-27-16-19/h3-7,11,14,16-17H,8-10,12-13,15H2,1-2H3,(H,22,24). The van der Waals surface area contributed by atoms with Gasteiger partial charge in [-0.3, -0.25) is 9.59 Å². The van der Waals surface area contributed by atoms with E-state index in [1.165, 1.54) is 18.1 Å². The maximum Gasteiger partial charge on any atom is 0.257 e. The quantitative estimate of drug-likeness (QED) is 0.658. The number of hydrogen-bond acceptors (Lipinski definition) is 4. The third-order valence-corrected chi connectivity index (χ3v) is 4.35. The number of ether oxygens (including phenoxy) is 1. The zero-order valence-corrected chi connectivity index (χ0v) is 16.0. The Morgan fingerprint density at radius 3 is 2.63 bits per heavy atom. The van der Waals surface area contributed by atoms with E-state index in [1.54, 1.807) is 18.1 Å². The minimum absolute atomic E-state index is 0.0574. The molecule has 0 aliphatic heterocycles. The van der Waals surface area contributed by atoms with Gasteiger partial charge >= 0.3 is 0 Å². The van der Waals surface area contributed by atoms with Crippen LogP contribution >= 0.6 is 0 Å². The van der Waals surface area contributed by atoms with E-state index in [1.807, 2.05) is 25.1 Å². The van der Waals surface area contributed by atoms with Gasteiger partial charge in [0.25, 0.3) is 5.91 Å². The number of nitrogens with zero attached hydrogens (tertiary/aromatic N) is 1. The maximum atomic E-state index is 12.5. The summed E-state index contributed by atoms with van der Waals surface area (Å²) in [7, 11) is 1.58. The van der Waals surface area contributed by atoms with Crippen LogP contribution in [0.25, 0.3) is 0 Å². The molecule has 1 atom stereocenters. The highest BCUT2D eigenvalue weighted by Crippen LogP contribution is 2.08. The molecule has 1 unspecified atom stereocenters. The number of rotatable bonds is 11. The Labute approximate surface area is 160 Å². The second-order valence-electron chi connectivity index (χ2n) is 6.54. The second-order valence-corrected chi connectivity index (χ2v) is 6.54. The number of amides is 2. The molecule has 0 spiro atoms. The molecule has 2 aromatic rings. The van der Waals surface area contributed by atoms with Gasteiger partial charge in [0.1, 0.15) is 6.26 Å². The molecular weight excluding hydrogens is 344 g/mol. The van der Waals surface area contributed by atoms with Crippen molar-refractivity contribution >= 4 is 11.8 Å². The van der Waals surface area contributed by atoms with Crippen LogP contribution in [0.5, 0.6) is 0 Å². The molecule has 2 amide bonds. The lowest BCUT2D eigenvalue weighted by Crippen LogP contribution is -2.39. The Morgan fingerprint density at radius 1 is 1.19 bits per heavy atom. The SMILES string of the molecule is COCCN(CCC(=O)NC(C)CCc1ccccc1)C(=O)c1ccoc1. The van der Waals surface area contributed by atoms with E-state index >= 15 is 0 Å². The van der Waals surface area contributed by atoms with Crippen LogP contribution in [-0.2, 0) is 16.0 Å². The highest BCUT2D eigenvalue weighted by atomic mass is 16.5. The van der Waals surface area contributed by atoms with Crippen molar-refractivity contribution in [3.63, 3.8) is 0 Å². The smallest absolute Gasteiger partial charge is 0.257 e. The lowest BCUT2D eigenvalue weighted by atomic mass is 10.1. The summed E-state index contributed by atoms with van der Waals surface area (Å²) >= 11 is 0. The van der Waals surface area contributed by atoms with Gasteiger partial charge in [0.2, 0.25) is 5.91 Å². The third-order valence-electron chi connectivity index (χ3n) is 4.35. The second kappa shape index (κ2) is 11.2. The highest BCUT2D eigenvalue weighted by Gasteiger charge is 2.18. The van der Waals surface area contributed by atoms with Crippen LogP contribution in [0.1, 0.15) is 35.7 Å². The van der Waals surface area contributed by atoms with Gasteiger partial charge in [0, 0.05) is 32.7 Å². The number of hydrogen-bond donors (Lipinski definition) is 1. The van der Waals surface area contributed by atoms with Gasteiger partial charge in [0.15, 0.2) is 0 Å². The van der Waals surface area contributed by atoms with Crippen molar-refractivity contribution in [3.8, 4) is 0 Å². The zero-order valence-electron chi connectivity index (χ0n) is 16.0. The minimum Gasteiger partial charge on any atom is -0.472 e. The van der Waals surface area contributed by atoms with Crippen LogP contribution < -0.4 is 5.32 Å². The van der Waals surface area contributed by atoms with Gasteiger partial charge in [-0.15, -0.1) is 0 Å². The summed E-state index contributed by atoms with van der Waals surface area (Å²) in [5.74, 6) is -0.219. The molecule has 1 N–H and O–H groups in total. The Bertz CT molecular complexity index is 685. The fourth-order valence-corrected chi connectivity index (χ4v) is 2.77. The molecule has 6 nitrogen and oxygen atoms in total. The molecule has 0 saturated carbocycles. The summed E-state index contributed by atoms with van der Waals surface area (Å²) in [6.07, 6.45) is 4.91. The molecule has 0 aliphatic carbocycles. The summed E-state index contributed by atoms with van der Waals surface area (Å²) in [5.41, 5.74) is 1.73. The van der Waals surface area contributed by atoms with Gasteiger partial charge in [0.05, 0.1) is 18.4 Å². The summed E-state index contributed by atoms with van der Waals surface area (Å²) < 4.78 is 10.0. The molecule has 0 aliphatic rings.